The third-order valence-corrected chi connectivity index (χ3v) is 4.31. The van der Waals surface area contributed by atoms with Crippen molar-refractivity contribution in [3.8, 4) is 0 Å². The molecule has 1 aromatic heterocycles. The standard InChI is InChI=1S/C13H15N3O4S/c1-8-9(2)15-20-13(8)14-11-4-6-12(7-5-11)21(18,19)16-10(3)17/h4-7,14H,1-3H3,(H,16,17). The minimum atomic E-state index is -3.82. The van der Waals surface area contributed by atoms with Crippen molar-refractivity contribution in [2.45, 2.75) is 25.7 Å². The van der Waals surface area contributed by atoms with Gasteiger partial charge in [-0.05, 0) is 38.1 Å². The molecule has 0 aliphatic heterocycles. The zero-order valence-electron chi connectivity index (χ0n) is 11.8. The van der Waals surface area contributed by atoms with Gasteiger partial charge in [-0.2, -0.15) is 0 Å². The fourth-order valence-electron chi connectivity index (χ4n) is 1.63. The highest BCUT2D eigenvalue weighted by molar-refractivity contribution is 7.90. The van der Waals surface area contributed by atoms with Crippen LogP contribution in [0.1, 0.15) is 18.2 Å². The minimum absolute atomic E-state index is 0.00808. The van der Waals surface area contributed by atoms with Crippen LogP contribution in [0, 0.1) is 13.8 Å². The number of amides is 1. The Morgan fingerprint density at radius 2 is 1.81 bits per heavy atom. The molecule has 0 radical (unpaired) electrons. The Labute approximate surface area is 122 Å². The Morgan fingerprint density at radius 1 is 1.19 bits per heavy atom. The molecule has 0 saturated heterocycles. The fourth-order valence-corrected chi connectivity index (χ4v) is 2.62. The molecule has 0 bridgehead atoms. The number of aromatic nitrogens is 1. The Kier molecular flexibility index (Phi) is 3.99. The van der Waals surface area contributed by atoms with Gasteiger partial charge in [0.05, 0.1) is 10.6 Å². The number of nitrogens with one attached hydrogen (secondary N) is 2. The van der Waals surface area contributed by atoms with Crippen LogP contribution in [0.3, 0.4) is 0 Å². The molecule has 0 fully saturated rings. The molecule has 0 aliphatic carbocycles. The normalized spacial score (nSPS) is 11.2. The van der Waals surface area contributed by atoms with Gasteiger partial charge in [0.25, 0.3) is 10.0 Å². The van der Waals surface area contributed by atoms with E-state index in [1.807, 2.05) is 18.6 Å². The summed E-state index contributed by atoms with van der Waals surface area (Å²) in [5, 5.41) is 6.82. The van der Waals surface area contributed by atoms with Crippen LogP contribution in [0.15, 0.2) is 33.7 Å². The molecule has 1 heterocycles. The number of benzene rings is 1. The van der Waals surface area contributed by atoms with Gasteiger partial charge in [0.2, 0.25) is 11.8 Å². The third-order valence-electron chi connectivity index (χ3n) is 2.86. The van der Waals surface area contributed by atoms with Crippen LogP contribution >= 0.6 is 0 Å². The number of sulfonamides is 1. The summed E-state index contributed by atoms with van der Waals surface area (Å²) in [5.74, 6) is -0.130. The van der Waals surface area contributed by atoms with E-state index in [-0.39, 0.29) is 4.90 Å². The van der Waals surface area contributed by atoms with Crippen molar-refractivity contribution >= 4 is 27.5 Å². The Bertz CT molecular complexity index is 763. The van der Waals surface area contributed by atoms with E-state index in [2.05, 4.69) is 10.5 Å². The number of rotatable bonds is 4. The van der Waals surface area contributed by atoms with Crippen LogP contribution in [-0.2, 0) is 14.8 Å². The third kappa shape index (κ3) is 3.40. The van der Waals surface area contributed by atoms with Gasteiger partial charge in [-0.1, -0.05) is 5.16 Å². The van der Waals surface area contributed by atoms with E-state index in [0.29, 0.717) is 11.6 Å². The summed E-state index contributed by atoms with van der Waals surface area (Å²) >= 11 is 0. The molecular weight excluding hydrogens is 294 g/mol. The summed E-state index contributed by atoms with van der Waals surface area (Å²) in [4.78, 5) is 10.9. The second-order valence-electron chi connectivity index (χ2n) is 4.53. The lowest BCUT2D eigenvalue weighted by Gasteiger charge is -2.07. The van der Waals surface area contributed by atoms with Gasteiger partial charge in [-0.15, -0.1) is 0 Å². The number of aryl methyl sites for hydroxylation is 1. The number of carbonyl (C=O) groups excluding carboxylic acids is 1. The number of hydrogen-bond donors (Lipinski definition) is 2. The Morgan fingerprint density at radius 3 is 2.29 bits per heavy atom. The molecule has 2 rings (SSSR count). The van der Waals surface area contributed by atoms with Crippen molar-refractivity contribution in [2.24, 2.45) is 0 Å². The number of nitrogens with zero attached hydrogens (tertiary/aromatic N) is 1. The van der Waals surface area contributed by atoms with Crippen molar-refractivity contribution in [3.63, 3.8) is 0 Å². The predicted octanol–water partition coefficient (Wildman–Crippen LogP) is 1.86. The van der Waals surface area contributed by atoms with Gasteiger partial charge in [-0.3, -0.25) is 4.79 Å². The maximum absolute atomic E-state index is 11.8. The van der Waals surface area contributed by atoms with E-state index in [9.17, 15) is 13.2 Å². The van der Waals surface area contributed by atoms with E-state index in [1.165, 1.54) is 12.1 Å². The second kappa shape index (κ2) is 5.57. The summed E-state index contributed by atoms with van der Waals surface area (Å²) in [7, 11) is -3.82. The smallest absolute Gasteiger partial charge is 0.264 e. The molecule has 0 aliphatic rings. The van der Waals surface area contributed by atoms with Gasteiger partial charge in [0.1, 0.15) is 0 Å². The van der Waals surface area contributed by atoms with Crippen molar-refractivity contribution in [3.05, 3.63) is 35.5 Å². The molecule has 21 heavy (non-hydrogen) atoms. The van der Waals surface area contributed by atoms with Gasteiger partial charge in [0.15, 0.2) is 0 Å². The quantitative estimate of drug-likeness (QED) is 0.894. The van der Waals surface area contributed by atoms with Crippen molar-refractivity contribution in [1.29, 1.82) is 0 Å². The number of carbonyl (C=O) groups is 1. The highest BCUT2D eigenvalue weighted by Crippen LogP contribution is 2.23. The molecule has 2 aromatic rings. The first-order chi connectivity index (χ1) is 9.79. The zero-order chi connectivity index (χ0) is 15.6. The minimum Gasteiger partial charge on any atom is -0.338 e. The molecule has 0 saturated carbocycles. The second-order valence-corrected chi connectivity index (χ2v) is 6.22. The highest BCUT2D eigenvalue weighted by Gasteiger charge is 2.15. The molecule has 8 heteroatoms. The number of hydrogen-bond acceptors (Lipinski definition) is 6. The lowest BCUT2D eigenvalue weighted by atomic mass is 10.2. The van der Waals surface area contributed by atoms with Crippen LogP contribution in [0.5, 0.6) is 0 Å². The summed E-state index contributed by atoms with van der Waals surface area (Å²) in [6, 6.07) is 5.94. The monoisotopic (exact) mass is 309 g/mol. The molecule has 7 nitrogen and oxygen atoms in total. The Balaban J connectivity index is 2.20. The number of anilines is 2. The van der Waals surface area contributed by atoms with Gasteiger partial charge < -0.3 is 9.84 Å². The van der Waals surface area contributed by atoms with E-state index in [0.717, 1.165) is 18.2 Å². The van der Waals surface area contributed by atoms with Crippen LogP contribution in [0.2, 0.25) is 0 Å². The molecule has 1 amide bonds. The molecule has 0 unspecified atom stereocenters. The van der Waals surface area contributed by atoms with E-state index in [4.69, 9.17) is 4.52 Å². The first-order valence-corrected chi connectivity index (χ1v) is 7.61. The molecule has 1 aromatic carbocycles. The lowest BCUT2D eigenvalue weighted by molar-refractivity contribution is -0.117. The van der Waals surface area contributed by atoms with Crippen molar-refractivity contribution in [1.82, 2.24) is 9.88 Å². The fraction of sp³-hybridized carbons (Fsp3) is 0.231. The van der Waals surface area contributed by atoms with Crippen LogP contribution in [0.25, 0.3) is 0 Å². The van der Waals surface area contributed by atoms with E-state index >= 15 is 0 Å². The molecule has 112 valence electrons. The first-order valence-electron chi connectivity index (χ1n) is 6.13. The summed E-state index contributed by atoms with van der Waals surface area (Å²) in [6.45, 7) is 4.83. The summed E-state index contributed by atoms with van der Waals surface area (Å²) < 4.78 is 30.6. The molecule has 0 atom stereocenters. The van der Waals surface area contributed by atoms with E-state index < -0.39 is 15.9 Å². The predicted molar refractivity (Wildman–Crippen MR) is 76.7 cm³/mol. The SMILES string of the molecule is CC(=O)NS(=O)(=O)c1ccc(Nc2onc(C)c2C)cc1. The summed E-state index contributed by atoms with van der Waals surface area (Å²) in [5.41, 5.74) is 2.31. The maximum Gasteiger partial charge on any atom is 0.264 e. The topological polar surface area (TPSA) is 101 Å². The summed E-state index contributed by atoms with van der Waals surface area (Å²) in [6.07, 6.45) is 0. The average molecular weight is 309 g/mol. The Hall–Kier alpha value is -2.35. The van der Waals surface area contributed by atoms with Gasteiger partial charge in [0, 0.05) is 18.2 Å². The molecule has 2 N–H and O–H groups in total. The van der Waals surface area contributed by atoms with E-state index in [1.54, 1.807) is 12.1 Å². The van der Waals surface area contributed by atoms with Crippen molar-refractivity contribution in [2.75, 3.05) is 5.32 Å². The molecule has 0 spiro atoms. The lowest BCUT2D eigenvalue weighted by Crippen LogP contribution is -2.28. The average Bonchev–Trinajstić information content (AvgIpc) is 2.70. The van der Waals surface area contributed by atoms with Gasteiger partial charge in [-0.25, -0.2) is 13.1 Å². The maximum atomic E-state index is 11.8. The zero-order valence-corrected chi connectivity index (χ0v) is 12.6. The van der Waals surface area contributed by atoms with Crippen molar-refractivity contribution < 1.29 is 17.7 Å². The molecular formula is C13H15N3O4S. The van der Waals surface area contributed by atoms with Crippen LogP contribution < -0.4 is 10.0 Å². The first kappa shape index (κ1) is 15.0. The van der Waals surface area contributed by atoms with Gasteiger partial charge >= 0.3 is 0 Å². The highest BCUT2D eigenvalue weighted by atomic mass is 32.2. The van der Waals surface area contributed by atoms with Crippen LogP contribution in [0.4, 0.5) is 11.6 Å². The largest absolute Gasteiger partial charge is 0.338 e. The van der Waals surface area contributed by atoms with Crippen LogP contribution in [-0.4, -0.2) is 19.5 Å².